The molecule has 0 aliphatic heterocycles. The average molecular weight is 262 g/mol. The molecule has 0 aliphatic rings. The molecule has 1 aromatic carbocycles. The lowest BCUT2D eigenvalue weighted by Crippen LogP contribution is -2.21. The number of benzene rings is 1. The Morgan fingerprint density at radius 2 is 2.05 bits per heavy atom. The maximum Gasteiger partial charge on any atom is 0.422 e. The molecule has 0 aromatic heterocycles. The van der Waals surface area contributed by atoms with Gasteiger partial charge in [0.1, 0.15) is 11.3 Å². The van der Waals surface area contributed by atoms with Gasteiger partial charge in [0.15, 0.2) is 5.78 Å². The van der Waals surface area contributed by atoms with Gasteiger partial charge in [-0.2, -0.15) is 4.79 Å². The standard InChI is InChI=1S/C13H14N2O4/c1-4-19-13(17)12(15-14)10-7-9(8(2)16)5-6-11(10)18-3/h5-7H,4H2,1-3H3. The van der Waals surface area contributed by atoms with Crippen LogP contribution in [0.1, 0.15) is 29.8 Å². The highest BCUT2D eigenvalue weighted by atomic mass is 16.5. The summed E-state index contributed by atoms with van der Waals surface area (Å²) in [6, 6.07) is 4.51. The van der Waals surface area contributed by atoms with E-state index in [1.165, 1.54) is 26.2 Å². The number of carbonyl (C=O) groups excluding carboxylic acids is 2. The van der Waals surface area contributed by atoms with Crippen LogP contribution in [0.3, 0.4) is 0 Å². The summed E-state index contributed by atoms with van der Waals surface area (Å²) in [7, 11) is 1.41. The number of ketones is 1. The third-order valence-electron chi connectivity index (χ3n) is 2.43. The molecule has 1 rings (SSSR count). The molecule has 6 heteroatoms. The maximum atomic E-state index is 11.7. The lowest BCUT2D eigenvalue weighted by Gasteiger charge is -2.06. The van der Waals surface area contributed by atoms with Crippen LogP contribution in [0.25, 0.3) is 5.53 Å². The fourth-order valence-corrected chi connectivity index (χ4v) is 1.52. The van der Waals surface area contributed by atoms with E-state index in [9.17, 15) is 9.59 Å². The van der Waals surface area contributed by atoms with Gasteiger partial charge in [-0.25, -0.2) is 4.79 Å². The lowest BCUT2D eigenvalue weighted by atomic mass is 10.0. The zero-order valence-corrected chi connectivity index (χ0v) is 11.0. The Bertz CT molecular complexity index is 560. The molecule has 1 aromatic rings. The number of carbonyl (C=O) groups is 2. The van der Waals surface area contributed by atoms with Gasteiger partial charge in [-0.3, -0.25) is 4.79 Å². The van der Waals surface area contributed by atoms with Crippen LogP contribution in [0, 0.1) is 0 Å². The Morgan fingerprint density at radius 3 is 2.53 bits per heavy atom. The van der Waals surface area contributed by atoms with Crippen LogP contribution in [0.2, 0.25) is 0 Å². The molecule has 0 spiro atoms. The van der Waals surface area contributed by atoms with Crippen molar-refractivity contribution in [3.8, 4) is 5.75 Å². The van der Waals surface area contributed by atoms with Crippen molar-refractivity contribution in [1.82, 2.24) is 0 Å². The molecule has 0 saturated heterocycles. The summed E-state index contributed by atoms with van der Waals surface area (Å²) < 4.78 is 9.86. The van der Waals surface area contributed by atoms with E-state index >= 15 is 0 Å². The van der Waals surface area contributed by atoms with Crippen molar-refractivity contribution >= 4 is 17.5 Å². The predicted octanol–water partition coefficient (Wildman–Crippen LogP) is 1.48. The highest BCUT2D eigenvalue weighted by Gasteiger charge is 2.28. The fourth-order valence-electron chi connectivity index (χ4n) is 1.52. The number of hydrogen-bond donors (Lipinski definition) is 0. The lowest BCUT2D eigenvalue weighted by molar-refractivity contribution is -0.139. The van der Waals surface area contributed by atoms with E-state index in [0.29, 0.717) is 11.3 Å². The van der Waals surface area contributed by atoms with Gasteiger partial charge in [0.05, 0.1) is 13.7 Å². The summed E-state index contributed by atoms with van der Waals surface area (Å²) in [4.78, 5) is 26.0. The largest absolute Gasteiger partial charge is 0.496 e. The van der Waals surface area contributed by atoms with Crippen LogP contribution < -0.4 is 4.74 Å². The van der Waals surface area contributed by atoms with Gasteiger partial charge in [0.2, 0.25) is 0 Å². The van der Waals surface area contributed by atoms with Crippen molar-refractivity contribution in [2.45, 2.75) is 13.8 Å². The second-order valence-corrected chi connectivity index (χ2v) is 3.64. The quantitative estimate of drug-likeness (QED) is 0.264. The second kappa shape index (κ2) is 6.47. The number of ether oxygens (including phenoxy) is 2. The Hall–Kier alpha value is -2.46. The van der Waals surface area contributed by atoms with E-state index in [-0.39, 0.29) is 23.7 Å². The molecule has 0 aliphatic carbocycles. The minimum atomic E-state index is -0.788. The predicted molar refractivity (Wildman–Crippen MR) is 67.4 cm³/mol. The van der Waals surface area contributed by atoms with Crippen molar-refractivity contribution in [3.05, 3.63) is 34.9 Å². The van der Waals surface area contributed by atoms with E-state index in [1.54, 1.807) is 13.0 Å². The van der Waals surface area contributed by atoms with Gasteiger partial charge in [0, 0.05) is 5.56 Å². The van der Waals surface area contributed by atoms with Crippen molar-refractivity contribution in [3.63, 3.8) is 0 Å². The van der Waals surface area contributed by atoms with Crippen molar-refractivity contribution in [2.75, 3.05) is 13.7 Å². The van der Waals surface area contributed by atoms with Crippen molar-refractivity contribution in [1.29, 1.82) is 0 Å². The summed E-state index contributed by atoms with van der Waals surface area (Å²) in [5.41, 5.74) is 9.25. The first-order valence-electron chi connectivity index (χ1n) is 5.63. The van der Waals surface area contributed by atoms with Crippen LogP contribution in [-0.4, -0.2) is 36.0 Å². The smallest absolute Gasteiger partial charge is 0.422 e. The van der Waals surface area contributed by atoms with E-state index in [4.69, 9.17) is 15.0 Å². The Kier molecular flexibility index (Phi) is 4.97. The maximum absolute atomic E-state index is 11.7. The fraction of sp³-hybridized carbons (Fsp3) is 0.308. The topological polar surface area (TPSA) is 89.0 Å². The number of Topliss-reactive ketones (excluding diaryl/α,β-unsaturated/α-hetero) is 1. The van der Waals surface area contributed by atoms with Crippen LogP contribution in [0.15, 0.2) is 18.2 Å². The summed E-state index contributed by atoms with van der Waals surface area (Å²) >= 11 is 0. The third kappa shape index (κ3) is 3.26. The number of esters is 1. The van der Waals surface area contributed by atoms with E-state index in [1.807, 2.05) is 0 Å². The number of nitrogens with zero attached hydrogens (tertiary/aromatic N) is 2. The van der Waals surface area contributed by atoms with Gasteiger partial charge in [-0.05, 0) is 32.0 Å². The number of rotatable bonds is 5. The Labute approximate surface area is 110 Å². The number of hydrogen-bond acceptors (Lipinski definition) is 4. The molecular formula is C13H14N2O4. The number of methoxy groups -OCH3 is 1. The minimum absolute atomic E-state index is 0.145. The SMILES string of the molecule is CCOC(=O)C(=[N+]=[N-])c1cc(C(C)=O)ccc1OC. The molecule has 0 saturated carbocycles. The van der Waals surface area contributed by atoms with Gasteiger partial charge < -0.3 is 15.0 Å². The molecule has 0 radical (unpaired) electrons. The van der Waals surface area contributed by atoms with Gasteiger partial charge >= 0.3 is 11.7 Å². The van der Waals surface area contributed by atoms with Crippen molar-refractivity contribution in [2.24, 2.45) is 0 Å². The summed E-state index contributed by atoms with van der Waals surface area (Å²) in [6.45, 7) is 3.18. The first-order chi connectivity index (χ1) is 9.04. The third-order valence-corrected chi connectivity index (χ3v) is 2.43. The molecule has 0 heterocycles. The molecule has 0 bridgehead atoms. The summed E-state index contributed by atoms with van der Waals surface area (Å²) in [5.74, 6) is -0.653. The molecule has 6 nitrogen and oxygen atoms in total. The first-order valence-corrected chi connectivity index (χ1v) is 5.63. The Morgan fingerprint density at radius 1 is 1.37 bits per heavy atom. The van der Waals surface area contributed by atoms with Crippen LogP contribution in [0.5, 0.6) is 5.75 Å². The average Bonchev–Trinajstić information content (AvgIpc) is 2.39. The normalized spacial score (nSPS) is 9.42. The van der Waals surface area contributed by atoms with Crippen LogP contribution in [0.4, 0.5) is 0 Å². The Balaban J connectivity index is 3.36. The summed E-state index contributed by atoms with van der Waals surface area (Å²) in [5, 5.41) is 0. The molecule has 100 valence electrons. The zero-order valence-electron chi connectivity index (χ0n) is 11.0. The molecule has 0 unspecified atom stereocenters. The molecule has 0 amide bonds. The highest BCUT2D eigenvalue weighted by Crippen LogP contribution is 2.21. The highest BCUT2D eigenvalue weighted by molar-refractivity contribution is 6.41. The zero-order chi connectivity index (χ0) is 14.4. The summed E-state index contributed by atoms with van der Waals surface area (Å²) in [6.07, 6.45) is 0. The monoisotopic (exact) mass is 262 g/mol. The van der Waals surface area contributed by atoms with Crippen molar-refractivity contribution < 1.29 is 23.9 Å². The first kappa shape index (κ1) is 14.6. The molecule has 0 atom stereocenters. The van der Waals surface area contributed by atoms with Gasteiger partial charge in [-0.1, -0.05) is 0 Å². The molecule has 0 N–H and O–H groups in total. The van der Waals surface area contributed by atoms with Gasteiger partial charge in [0.25, 0.3) is 0 Å². The second-order valence-electron chi connectivity index (χ2n) is 3.64. The minimum Gasteiger partial charge on any atom is -0.496 e. The molecule has 19 heavy (non-hydrogen) atoms. The van der Waals surface area contributed by atoms with E-state index in [0.717, 1.165) is 0 Å². The van der Waals surface area contributed by atoms with Crippen LogP contribution in [-0.2, 0) is 9.53 Å². The van der Waals surface area contributed by atoms with E-state index in [2.05, 4.69) is 4.79 Å². The van der Waals surface area contributed by atoms with Crippen LogP contribution >= 0.6 is 0 Å². The van der Waals surface area contributed by atoms with E-state index < -0.39 is 5.97 Å². The molecular weight excluding hydrogens is 248 g/mol. The van der Waals surface area contributed by atoms with Gasteiger partial charge in [-0.15, -0.1) is 0 Å². The molecule has 0 fully saturated rings.